The summed E-state index contributed by atoms with van der Waals surface area (Å²) in [6, 6.07) is 7.63. The molecule has 1 N–H and O–H groups in total. The number of hydrogen-bond donors (Lipinski definition) is 1. The van der Waals surface area contributed by atoms with Gasteiger partial charge >= 0.3 is 5.97 Å². The first kappa shape index (κ1) is 13.5. The third-order valence-electron chi connectivity index (χ3n) is 2.72. The number of nitrogens with zero attached hydrogens (tertiary/aromatic N) is 1. The number of aliphatic carboxylic acids is 1. The van der Waals surface area contributed by atoms with E-state index in [9.17, 15) is 4.79 Å². The van der Waals surface area contributed by atoms with E-state index in [1.165, 1.54) is 11.3 Å². The highest BCUT2D eigenvalue weighted by Crippen LogP contribution is 2.27. The largest absolute Gasteiger partial charge is 0.494 e. The van der Waals surface area contributed by atoms with Crippen LogP contribution in [0.25, 0.3) is 11.3 Å². The maximum Gasteiger partial charge on any atom is 0.313 e. The fraction of sp³-hybridized carbons (Fsp3) is 0.286. The summed E-state index contributed by atoms with van der Waals surface area (Å²) in [6.45, 7) is 4.22. The van der Waals surface area contributed by atoms with E-state index in [0.717, 1.165) is 17.0 Å². The van der Waals surface area contributed by atoms with Crippen molar-refractivity contribution in [3.05, 3.63) is 34.7 Å². The Bertz CT molecular complexity index is 562. The van der Waals surface area contributed by atoms with Gasteiger partial charge in [0.25, 0.3) is 0 Å². The van der Waals surface area contributed by atoms with Crippen LogP contribution in [-0.4, -0.2) is 22.7 Å². The molecule has 0 saturated heterocycles. The molecule has 2 rings (SSSR count). The number of hydrogen-bond acceptors (Lipinski definition) is 4. The number of carboxylic acid groups (broad SMARTS) is 1. The lowest BCUT2D eigenvalue weighted by Crippen LogP contribution is -2.06. The minimum atomic E-state index is -0.854. The average molecular weight is 277 g/mol. The zero-order valence-electron chi connectivity index (χ0n) is 10.8. The fourth-order valence-corrected chi connectivity index (χ4v) is 2.49. The Balaban J connectivity index is 2.20. The Hall–Kier alpha value is -1.88. The van der Waals surface area contributed by atoms with Crippen molar-refractivity contribution in [3.8, 4) is 17.0 Å². The average Bonchev–Trinajstić information content (AvgIpc) is 2.88. The quantitative estimate of drug-likeness (QED) is 0.910. The Morgan fingerprint density at radius 1 is 1.42 bits per heavy atom. The first-order valence-corrected chi connectivity index (χ1v) is 6.91. The molecule has 0 saturated carbocycles. The van der Waals surface area contributed by atoms with Crippen molar-refractivity contribution in [1.29, 1.82) is 0 Å². The topological polar surface area (TPSA) is 59.4 Å². The van der Waals surface area contributed by atoms with Gasteiger partial charge in [0.15, 0.2) is 0 Å². The lowest BCUT2D eigenvalue weighted by molar-refractivity contribution is -0.138. The van der Waals surface area contributed by atoms with Crippen LogP contribution in [-0.2, 0) is 4.79 Å². The molecular formula is C14H15NO3S. The van der Waals surface area contributed by atoms with E-state index in [-0.39, 0.29) is 0 Å². The Morgan fingerprint density at radius 2 is 2.11 bits per heavy atom. The van der Waals surface area contributed by atoms with Gasteiger partial charge in [-0.15, -0.1) is 11.3 Å². The Morgan fingerprint density at radius 3 is 2.68 bits per heavy atom. The molecule has 5 heteroatoms. The highest BCUT2D eigenvalue weighted by atomic mass is 32.1. The van der Waals surface area contributed by atoms with Gasteiger partial charge in [-0.2, -0.15) is 0 Å². The van der Waals surface area contributed by atoms with Gasteiger partial charge in [0.1, 0.15) is 16.7 Å². The SMILES string of the molecule is CCOc1ccc(-c2csc(C(C)C(=O)O)n2)cc1. The number of ether oxygens (including phenoxy) is 1. The lowest BCUT2D eigenvalue weighted by Gasteiger charge is -2.03. The molecule has 0 radical (unpaired) electrons. The van der Waals surface area contributed by atoms with Crippen molar-refractivity contribution in [2.75, 3.05) is 6.61 Å². The van der Waals surface area contributed by atoms with E-state index in [0.29, 0.717) is 11.6 Å². The zero-order valence-corrected chi connectivity index (χ0v) is 11.6. The number of thiazole rings is 1. The second-order valence-corrected chi connectivity index (χ2v) is 4.98. The zero-order chi connectivity index (χ0) is 13.8. The standard InChI is InChI=1S/C14H15NO3S/c1-3-18-11-6-4-10(5-7-11)12-8-19-13(15-12)9(2)14(16)17/h4-9H,3H2,1-2H3,(H,16,17). The first-order valence-electron chi connectivity index (χ1n) is 6.03. The molecule has 0 spiro atoms. The second-order valence-electron chi connectivity index (χ2n) is 4.09. The molecular weight excluding hydrogens is 262 g/mol. The minimum Gasteiger partial charge on any atom is -0.494 e. The summed E-state index contributed by atoms with van der Waals surface area (Å²) < 4.78 is 5.38. The van der Waals surface area contributed by atoms with Crippen LogP contribution in [0, 0.1) is 0 Å². The van der Waals surface area contributed by atoms with Crippen molar-refractivity contribution in [1.82, 2.24) is 4.98 Å². The van der Waals surface area contributed by atoms with Gasteiger partial charge in [0.2, 0.25) is 0 Å². The van der Waals surface area contributed by atoms with E-state index in [1.54, 1.807) is 6.92 Å². The molecule has 2 aromatic rings. The molecule has 100 valence electrons. The maximum absolute atomic E-state index is 10.9. The molecule has 0 aliphatic heterocycles. The van der Waals surface area contributed by atoms with Gasteiger partial charge < -0.3 is 9.84 Å². The fourth-order valence-electron chi connectivity index (χ4n) is 1.61. The third-order valence-corrected chi connectivity index (χ3v) is 3.75. The van der Waals surface area contributed by atoms with Crippen LogP contribution >= 0.6 is 11.3 Å². The summed E-state index contributed by atoms with van der Waals surface area (Å²) in [5, 5.41) is 11.5. The monoisotopic (exact) mass is 277 g/mol. The number of rotatable bonds is 5. The van der Waals surface area contributed by atoms with Gasteiger partial charge in [-0.3, -0.25) is 4.79 Å². The van der Waals surface area contributed by atoms with Gasteiger partial charge in [-0.1, -0.05) is 0 Å². The number of carbonyl (C=O) groups is 1. The Labute approximate surface area is 115 Å². The molecule has 4 nitrogen and oxygen atoms in total. The molecule has 1 aromatic carbocycles. The molecule has 1 atom stereocenters. The highest BCUT2D eigenvalue weighted by Gasteiger charge is 2.17. The van der Waals surface area contributed by atoms with Gasteiger partial charge in [0, 0.05) is 10.9 Å². The number of benzene rings is 1. The van der Waals surface area contributed by atoms with Gasteiger partial charge in [-0.05, 0) is 38.1 Å². The number of aromatic nitrogens is 1. The lowest BCUT2D eigenvalue weighted by atomic mass is 10.1. The number of carboxylic acids is 1. The van der Waals surface area contributed by atoms with Crippen LogP contribution in [0.2, 0.25) is 0 Å². The van der Waals surface area contributed by atoms with Crippen LogP contribution in [0.4, 0.5) is 0 Å². The molecule has 0 amide bonds. The van der Waals surface area contributed by atoms with Gasteiger partial charge in [0.05, 0.1) is 12.3 Å². The van der Waals surface area contributed by atoms with E-state index in [2.05, 4.69) is 4.98 Å². The molecule has 1 aromatic heterocycles. The van der Waals surface area contributed by atoms with Crippen LogP contribution in [0.5, 0.6) is 5.75 Å². The summed E-state index contributed by atoms with van der Waals surface area (Å²) in [6.07, 6.45) is 0. The smallest absolute Gasteiger partial charge is 0.313 e. The van der Waals surface area contributed by atoms with Gasteiger partial charge in [-0.25, -0.2) is 4.98 Å². The van der Waals surface area contributed by atoms with Crippen molar-refractivity contribution >= 4 is 17.3 Å². The summed E-state index contributed by atoms with van der Waals surface area (Å²) in [5.41, 5.74) is 1.76. The third kappa shape index (κ3) is 3.12. The molecule has 1 unspecified atom stereocenters. The maximum atomic E-state index is 10.9. The summed E-state index contributed by atoms with van der Waals surface area (Å²) in [5.74, 6) is -0.602. The van der Waals surface area contributed by atoms with E-state index < -0.39 is 11.9 Å². The van der Waals surface area contributed by atoms with E-state index in [1.807, 2.05) is 36.6 Å². The normalized spacial score (nSPS) is 12.1. The predicted molar refractivity (Wildman–Crippen MR) is 74.8 cm³/mol. The predicted octanol–water partition coefficient (Wildman–Crippen LogP) is 3.40. The summed E-state index contributed by atoms with van der Waals surface area (Å²) in [7, 11) is 0. The second kappa shape index (κ2) is 5.84. The minimum absolute atomic E-state index is 0.568. The van der Waals surface area contributed by atoms with Crippen molar-refractivity contribution in [2.45, 2.75) is 19.8 Å². The molecule has 0 fully saturated rings. The molecule has 0 aliphatic carbocycles. The van der Waals surface area contributed by atoms with Crippen LogP contribution < -0.4 is 4.74 Å². The van der Waals surface area contributed by atoms with Crippen molar-refractivity contribution in [2.24, 2.45) is 0 Å². The van der Waals surface area contributed by atoms with E-state index >= 15 is 0 Å². The molecule has 0 aliphatic rings. The van der Waals surface area contributed by atoms with Crippen LogP contribution in [0.1, 0.15) is 24.8 Å². The summed E-state index contributed by atoms with van der Waals surface area (Å²) in [4.78, 5) is 15.3. The Kier molecular flexibility index (Phi) is 4.16. The van der Waals surface area contributed by atoms with Crippen molar-refractivity contribution in [3.63, 3.8) is 0 Å². The van der Waals surface area contributed by atoms with Crippen molar-refractivity contribution < 1.29 is 14.6 Å². The van der Waals surface area contributed by atoms with Crippen LogP contribution in [0.3, 0.4) is 0 Å². The molecule has 1 heterocycles. The highest BCUT2D eigenvalue weighted by molar-refractivity contribution is 7.10. The molecule has 0 bridgehead atoms. The molecule has 19 heavy (non-hydrogen) atoms. The summed E-state index contributed by atoms with van der Waals surface area (Å²) >= 11 is 1.37. The van der Waals surface area contributed by atoms with E-state index in [4.69, 9.17) is 9.84 Å². The first-order chi connectivity index (χ1) is 9.11. The van der Waals surface area contributed by atoms with Crippen LogP contribution in [0.15, 0.2) is 29.6 Å².